The van der Waals surface area contributed by atoms with Gasteiger partial charge in [-0.25, -0.2) is 4.79 Å². The predicted molar refractivity (Wildman–Crippen MR) is 485 cm³/mol. The molecule has 0 fully saturated rings. The molecule has 18 aromatic rings. The van der Waals surface area contributed by atoms with E-state index in [1.807, 2.05) is 118 Å². The zero-order chi connectivity index (χ0) is 79.1. The van der Waals surface area contributed by atoms with Gasteiger partial charge >= 0.3 is 11.9 Å². The Bertz CT molecular complexity index is 6490. The molecule has 1 heterocycles. The molecule has 0 aliphatic heterocycles. The van der Waals surface area contributed by atoms with Crippen LogP contribution in [0.2, 0.25) is 0 Å². The van der Waals surface area contributed by atoms with Crippen LogP contribution < -0.4 is 0 Å². The Labute approximate surface area is 668 Å². The molecule has 0 saturated heterocycles. The van der Waals surface area contributed by atoms with Crippen molar-refractivity contribution in [3.63, 3.8) is 0 Å². The Hall–Kier alpha value is -14.3. The molecule has 114 heavy (non-hydrogen) atoms. The van der Waals surface area contributed by atoms with Crippen molar-refractivity contribution in [1.29, 1.82) is 0 Å². The number of carboxylic acid groups (broad SMARTS) is 2. The summed E-state index contributed by atoms with van der Waals surface area (Å²) >= 11 is 0. The minimum atomic E-state index is -0.901. The van der Waals surface area contributed by atoms with E-state index >= 15 is 0 Å². The normalized spacial score (nSPS) is 11.0. The maximum atomic E-state index is 11.0. The van der Waals surface area contributed by atoms with Crippen molar-refractivity contribution in [2.75, 3.05) is 0 Å². The molecule has 5 nitrogen and oxygen atoms in total. The second-order valence-electron chi connectivity index (χ2n) is 28.1. The van der Waals surface area contributed by atoms with E-state index in [2.05, 4.69) is 318 Å². The van der Waals surface area contributed by atoms with Crippen molar-refractivity contribution < 1.29 is 24.2 Å². The maximum absolute atomic E-state index is 11.0. The number of carboxylic acids is 2. The van der Waals surface area contributed by atoms with Crippen LogP contribution in [0.5, 0.6) is 0 Å². The van der Waals surface area contributed by atoms with E-state index in [0.717, 1.165) is 55.7 Å². The number of aryl methyl sites for hydroxylation is 3. The topological polar surface area (TPSA) is 87.7 Å². The molecule has 0 bridgehead atoms. The predicted octanol–water partition coefficient (Wildman–Crippen LogP) is 30.0. The molecule has 0 aliphatic carbocycles. The number of furan rings is 1. The SMILES string of the molecule is C/C=C/c1ccc(-c2cccc3ccccc23)o1.C/C=C/c1cccc(-c2ccc(C)c3ccccc23)c1.C/C=C/c1cccc(-c2ccc3ccccc3c2)c1.Cc1ccc(C)c(-c2ccc3ccccc3c2)c1.O=C(O)Cc1cccc(-c2cccc3ccccc23)c1.O=C(O)c1cccc(-c2cccc3ccccc23)c1. The lowest BCUT2D eigenvalue weighted by Crippen LogP contribution is -1.99. The summed E-state index contributed by atoms with van der Waals surface area (Å²) in [5.41, 5.74) is 20.7. The molecule has 556 valence electrons. The third-order valence-corrected chi connectivity index (χ3v) is 20.1. The molecule has 0 atom stereocenters. The molecule has 0 aliphatic rings. The van der Waals surface area contributed by atoms with Gasteiger partial charge < -0.3 is 14.6 Å². The first-order valence-corrected chi connectivity index (χ1v) is 38.6. The lowest BCUT2D eigenvalue weighted by molar-refractivity contribution is -0.136. The van der Waals surface area contributed by atoms with Crippen LogP contribution in [0.25, 0.3) is 150 Å². The summed E-state index contributed by atoms with van der Waals surface area (Å²) in [6.07, 6.45) is 12.4. The first-order valence-electron chi connectivity index (χ1n) is 38.6. The number of carbonyl (C=O) groups is 2. The number of aliphatic carboxylic acids is 1. The van der Waals surface area contributed by atoms with Crippen LogP contribution in [0.15, 0.2) is 399 Å². The smallest absolute Gasteiger partial charge is 0.335 e. The van der Waals surface area contributed by atoms with E-state index in [9.17, 15) is 9.59 Å². The Morgan fingerprint density at radius 3 is 1.27 bits per heavy atom. The zero-order valence-corrected chi connectivity index (χ0v) is 65.1. The highest BCUT2D eigenvalue weighted by molar-refractivity contribution is 6.01. The number of rotatable bonds is 12. The second-order valence-corrected chi connectivity index (χ2v) is 28.1. The van der Waals surface area contributed by atoms with Crippen LogP contribution in [0, 0.1) is 20.8 Å². The Kier molecular flexibility index (Phi) is 25.9. The Balaban J connectivity index is 0.000000119. The fraction of sp³-hybridized carbons (Fsp3) is 0.0642. The van der Waals surface area contributed by atoms with Crippen molar-refractivity contribution >= 4 is 94.8 Å². The van der Waals surface area contributed by atoms with Crippen molar-refractivity contribution in [1.82, 2.24) is 0 Å². The van der Waals surface area contributed by atoms with E-state index in [0.29, 0.717) is 5.56 Å². The highest BCUT2D eigenvalue weighted by Gasteiger charge is 2.13. The molecule has 0 amide bonds. The monoisotopic (exact) mass is 1480 g/mol. The number of aromatic carboxylic acids is 1. The molecule has 2 N–H and O–H groups in total. The van der Waals surface area contributed by atoms with E-state index in [4.69, 9.17) is 14.6 Å². The highest BCUT2D eigenvalue weighted by Crippen LogP contribution is 2.36. The van der Waals surface area contributed by atoms with Crippen LogP contribution in [-0.4, -0.2) is 22.2 Å². The fourth-order valence-corrected chi connectivity index (χ4v) is 14.5. The number of hydrogen-bond donors (Lipinski definition) is 2. The van der Waals surface area contributed by atoms with Crippen molar-refractivity contribution in [2.45, 2.75) is 48.0 Å². The van der Waals surface area contributed by atoms with Gasteiger partial charge in [-0.1, -0.05) is 364 Å². The van der Waals surface area contributed by atoms with Crippen molar-refractivity contribution in [2.24, 2.45) is 0 Å². The molecule has 5 heteroatoms. The standard InChI is InChI=1S/C20H18.C19H16.C18H14O2.C18H16.C17H12O2.C17H14O/c1-3-7-16-8-6-9-17(14-16)19-13-12-15(2)18-10-4-5-11-20(18)19;1-2-6-15-7-5-10-17(13-15)19-12-11-16-8-3-4-9-18(16)14-19;19-18(20)12-13-5-3-8-15(11-13)17-10-4-7-14-6-1-2-9-16(14)17;1-13-7-8-14(2)18(11-13)17-10-9-15-5-3-4-6-16(15)12-17;18-17(19)14-8-3-7-13(11-14)16-10-4-6-12-5-1-2-9-15(12)16;1-2-6-14-11-12-17(18-14)16-10-5-8-13-7-3-4-9-15(13)16/h3-14H,1-2H3;2-14H,1H3;1-11H,12H2,(H,19,20);3-12H,1-2H3;1-11H,(H,18,19);2-12H,1H3/b7-3+;6-2+;;;;6-2+. The van der Waals surface area contributed by atoms with Crippen LogP contribution in [-0.2, 0) is 11.2 Å². The summed E-state index contributed by atoms with van der Waals surface area (Å²) in [7, 11) is 0. The third kappa shape index (κ3) is 19.7. The molecule has 1 aromatic heterocycles. The molecule has 0 saturated carbocycles. The zero-order valence-electron chi connectivity index (χ0n) is 65.1. The number of hydrogen-bond acceptors (Lipinski definition) is 3. The average molecular weight is 1480 g/mol. The highest BCUT2D eigenvalue weighted by atomic mass is 16.4. The van der Waals surface area contributed by atoms with Gasteiger partial charge in [0.05, 0.1) is 12.0 Å². The average Bonchev–Trinajstić information content (AvgIpc) is 0.912. The summed E-state index contributed by atoms with van der Waals surface area (Å²) < 4.78 is 5.83. The quantitative estimate of drug-likeness (QED) is 0.127. The summed E-state index contributed by atoms with van der Waals surface area (Å²) in [5, 5.41) is 32.9. The minimum absolute atomic E-state index is 0.0542. The van der Waals surface area contributed by atoms with Crippen molar-refractivity contribution in [3.8, 4) is 67.0 Å². The summed E-state index contributed by atoms with van der Waals surface area (Å²) in [6.45, 7) is 12.6. The van der Waals surface area contributed by atoms with Gasteiger partial charge in [0.15, 0.2) is 0 Å². The molecule has 18 rings (SSSR count). The molecule has 0 spiro atoms. The van der Waals surface area contributed by atoms with Gasteiger partial charge in [-0.05, 0) is 244 Å². The van der Waals surface area contributed by atoms with Crippen LogP contribution in [0.1, 0.15) is 70.3 Å². The van der Waals surface area contributed by atoms with E-state index in [-0.39, 0.29) is 6.42 Å². The number of allylic oxidation sites excluding steroid dienone is 3. The van der Waals surface area contributed by atoms with Gasteiger partial charge in [0, 0.05) is 5.56 Å². The Morgan fingerprint density at radius 2 is 0.702 bits per heavy atom. The molecule has 17 aromatic carbocycles. The first-order chi connectivity index (χ1) is 55.8. The van der Waals surface area contributed by atoms with Crippen molar-refractivity contribution in [3.05, 3.63) is 439 Å². The Morgan fingerprint density at radius 1 is 0.289 bits per heavy atom. The van der Waals surface area contributed by atoms with Crippen LogP contribution in [0.3, 0.4) is 0 Å². The van der Waals surface area contributed by atoms with Gasteiger partial charge in [-0.15, -0.1) is 0 Å². The van der Waals surface area contributed by atoms with Gasteiger partial charge in [-0.3, -0.25) is 4.79 Å². The van der Waals surface area contributed by atoms with Crippen LogP contribution in [0.4, 0.5) is 0 Å². The van der Waals surface area contributed by atoms with Gasteiger partial charge in [0.2, 0.25) is 0 Å². The van der Waals surface area contributed by atoms with E-state index in [1.165, 1.54) is 115 Å². The lowest BCUT2D eigenvalue weighted by atomic mass is 9.94. The van der Waals surface area contributed by atoms with Gasteiger partial charge in [0.25, 0.3) is 0 Å². The summed E-state index contributed by atoms with van der Waals surface area (Å²) in [6, 6.07) is 129. The van der Waals surface area contributed by atoms with E-state index < -0.39 is 11.9 Å². The second kappa shape index (κ2) is 37.9. The summed E-state index contributed by atoms with van der Waals surface area (Å²) in [4.78, 5) is 21.9. The maximum Gasteiger partial charge on any atom is 0.335 e. The summed E-state index contributed by atoms with van der Waals surface area (Å²) in [5.74, 6) is 0.0995. The van der Waals surface area contributed by atoms with E-state index in [1.54, 1.807) is 18.2 Å². The largest absolute Gasteiger partial charge is 0.481 e. The number of fused-ring (bicyclic) bond motifs is 6. The molecular formula is C109H90O5. The van der Waals surface area contributed by atoms with Gasteiger partial charge in [0.1, 0.15) is 11.5 Å². The molecule has 0 radical (unpaired) electrons. The fourth-order valence-electron chi connectivity index (χ4n) is 14.5. The molecular weight excluding hydrogens is 1390 g/mol. The minimum Gasteiger partial charge on any atom is -0.481 e. The lowest BCUT2D eigenvalue weighted by Gasteiger charge is -2.10. The third-order valence-electron chi connectivity index (χ3n) is 20.1. The first kappa shape index (κ1) is 77.9. The number of benzene rings is 17. The van der Waals surface area contributed by atoms with Gasteiger partial charge in [-0.2, -0.15) is 0 Å². The van der Waals surface area contributed by atoms with Crippen LogP contribution >= 0.6 is 0 Å². The molecule has 0 unspecified atom stereocenters.